The molecular weight excluding hydrogens is 612 g/mol. The van der Waals surface area contributed by atoms with Crippen LogP contribution in [0.25, 0.3) is 0 Å². The Labute approximate surface area is 243 Å². The van der Waals surface area contributed by atoms with Crippen LogP contribution in [0.2, 0.25) is 0 Å². The number of piperazine rings is 1. The molecule has 0 radical (unpaired) electrons. The first-order chi connectivity index (χ1) is 18.8. The summed E-state index contributed by atoms with van der Waals surface area (Å²) in [6.07, 6.45) is 0.764. The summed E-state index contributed by atoms with van der Waals surface area (Å²) in [6.45, 7) is 11.7. The summed E-state index contributed by atoms with van der Waals surface area (Å²) in [5.74, 6) is -1.00. The zero-order valence-corrected chi connectivity index (χ0v) is 25.0. The fourth-order valence-electron chi connectivity index (χ4n) is 5.14. The number of amides is 1. The fourth-order valence-corrected chi connectivity index (χ4v) is 6.09. The third kappa shape index (κ3) is 7.47. The highest BCUT2D eigenvalue weighted by molar-refractivity contribution is 14.1. The van der Waals surface area contributed by atoms with Crippen LogP contribution in [-0.2, 0) is 14.3 Å². The van der Waals surface area contributed by atoms with E-state index in [9.17, 15) is 14.0 Å². The van der Waals surface area contributed by atoms with Crippen molar-refractivity contribution in [1.82, 2.24) is 15.2 Å². The summed E-state index contributed by atoms with van der Waals surface area (Å²) in [6, 6.07) is 11.4. The van der Waals surface area contributed by atoms with Crippen molar-refractivity contribution in [3.63, 3.8) is 0 Å². The Kier molecular flexibility index (Phi) is 10.2. The van der Waals surface area contributed by atoms with Crippen molar-refractivity contribution in [2.75, 3.05) is 57.3 Å². The number of ether oxygens (including phenoxy) is 1. The van der Waals surface area contributed by atoms with Crippen LogP contribution < -0.4 is 10.2 Å². The van der Waals surface area contributed by atoms with E-state index in [4.69, 9.17) is 4.74 Å². The largest absolute Gasteiger partial charge is 0.466 e. The molecule has 1 unspecified atom stereocenters. The summed E-state index contributed by atoms with van der Waals surface area (Å²) in [5, 5.41) is 9.07. The molecule has 2 aliphatic heterocycles. The van der Waals surface area contributed by atoms with Gasteiger partial charge in [-0.25, -0.2) is 4.39 Å². The molecule has 2 aromatic carbocycles. The maximum Gasteiger partial charge on any atom is 0.311 e. The maximum atomic E-state index is 14.8. The Bertz CT molecular complexity index is 1220. The lowest BCUT2D eigenvalue weighted by atomic mass is 9.98. The molecule has 1 N–H and O–H groups in total. The van der Waals surface area contributed by atoms with E-state index < -0.39 is 10.0 Å². The first kappa shape index (κ1) is 29.3. The zero-order valence-electron chi connectivity index (χ0n) is 22.9. The normalized spacial score (nSPS) is 17.5. The molecule has 0 bridgehead atoms. The highest BCUT2D eigenvalue weighted by Crippen LogP contribution is 2.37. The average Bonchev–Trinajstić information content (AvgIpc) is 2.90. The third-order valence-electron chi connectivity index (χ3n) is 7.07. The van der Waals surface area contributed by atoms with Gasteiger partial charge in [-0.3, -0.25) is 19.5 Å². The van der Waals surface area contributed by atoms with Gasteiger partial charge in [0.15, 0.2) is 0 Å². The molecule has 4 rings (SSSR count). The van der Waals surface area contributed by atoms with Crippen molar-refractivity contribution in [3.8, 4) is 0 Å². The smallest absolute Gasteiger partial charge is 0.311 e. The molecule has 1 atom stereocenters. The lowest BCUT2D eigenvalue weighted by Crippen LogP contribution is -2.47. The van der Waals surface area contributed by atoms with Crippen LogP contribution in [0.4, 0.5) is 10.1 Å². The van der Waals surface area contributed by atoms with Crippen molar-refractivity contribution in [3.05, 3.63) is 64.5 Å². The third-order valence-corrected chi connectivity index (χ3v) is 8.34. The summed E-state index contributed by atoms with van der Waals surface area (Å²) in [7, 11) is 0. The zero-order chi connectivity index (χ0) is 27.9. The molecule has 2 heterocycles. The number of carbonyl (C=O) groups excluding carboxylic acids is 2. The Balaban J connectivity index is 1.25. The van der Waals surface area contributed by atoms with Crippen LogP contribution in [-0.4, -0.2) is 79.9 Å². The van der Waals surface area contributed by atoms with Gasteiger partial charge in [-0.2, -0.15) is 5.10 Å². The molecule has 0 aromatic heterocycles. The highest BCUT2D eigenvalue weighted by atomic mass is 127. The second-order valence-corrected chi connectivity index (χ2v) is 11.2. The molecular formula is C29H37FIN5O3. The summed E-state index contributed by atoms with van der Waals surface area (Å²) in [4.78, 5) is 29.8. The van der Waals surface area contributed by atoms with Crippen molar-refractivity contribution >= 4 is 45.9 Å². The summed E-state index contributed by atoms with van der Waals surface area (Å²) in [5.41, 5.74) is 5.33. The van der Waals surface area contributed by atoms with Gasteiger partial charge in [-0.05, 0) is 51.4 Å². The number of rotatable bonds is 10. The molecule has 1 saturated heterocycles. The van der Waals surface area contributed by atoms with Crippen molar-refractivity contribution in [2.45, 2.75) is 37.7 Å². The highest BCUT2D eigenvalue weighted by Gasteiger charge is 2.31. The van der Waals surface area contributed by atoms with E-state index in [1.165, 1.54) is 22.9 Å². The summed E-state index contributed by atoms with van der Waals surface area (Å²) < 4.78 is 19.4. The molecule has 0 spiro atoms. The van der Waals surface area contributed by atoms with Gasteiger partial charge < -0.3 is 15.0 Å². The number of fused-ring (bicyclic) bond motifs is 1. The minimum absolute atomic E-state index is 0.0255. The average molecular weight is 650 g/mol. The molecule has 0 aliphatic carbocycles. The number of nitrogens with zero attached hydrogens (tertiary/aromatic N) is 4. The molecule has 210 valence electrons. The molecule has 2 aromatic rings. The molecule has 1 fully saturated rings. The van der Waals surface area contributed by atoms with Crippen molar-refractivity contribution in [2.24, 2.45) is 5.10 Å². The van der Waals surface area contributed by atoms with E-state index >= 15 is 0 Å². The minimum Gasteiger partial charge on any atom is -0.466 e. The van der Waals surface area contributed by atoms with Crippen LogP contribution in [0, 0.1) is 19.7 Å². The summed E-state index contributed by atoms with van der Waals surface area (Å²) >= 11 is 2.09. The fraction of sp³-hybridized carbons (Fsp3) is 0.483. The Morgan fingerprint density at radius 2 is 1.92 bits per heavy atom. The van der Waals surface area contributed by atoms with E-state index in [2.05, 4.69) is 74.9 Å². The van der Waals surface area contributed by atoms with Crippen LogP contribution in [0.3, 0.4) is 0 Å². The van der Waals surface area contributed by atoms with Crippen LogP contribution >= 0.6 is 22.6 Å². The molecule has 0 saturated carbocycles. The van der Waals surface area contributed by atoms with Crippen LogP contribution in [0.5, 0.6) is 0 Å². The van der Waals surface area contributed by atoms with Crippen LogP contribution in [0.15, 0.2) is 41.5 Å². The number of hydrogen-bond donors (Lipinski definition) is 1. The molecule has 1 amide bonds. The number of hydrogen-bond acceptors (Lipinski definition) is 7. The number of nitrogens with one attached hydrogen (secondary N) is 1. The predicted molar refractivity (Wildman–Crippen MR) is 160 cm³/mol. The number of benzene rings is 2. The standard InChI is InChI=1S/C29H37FIN5O3/c1-4-39-27(38)18-24-22-7-5-8-23(30)28(22)29(31)36(33-24)19-26(37)32-11-6-12-34-13-15-35(16-14-34)25-10-9-20(2)17-21(25)3/h5,7-10,17,29H,4,6,11-16,18-19H2,1-3H3,(H,32,37). The quantitative estimate of drug-likeness (QED) is 0.137. The van der Waals surface area contributed by atoms with Gasteiger partial charge in [0.25, 0.3) is 0 Å². The lowest BCUT2D eigenvalue weighted by molar-refractivity contribution is -0.141. The van der Waals surface area contributed by atoms with Gasteiger partial charge in [-0.1, -0.05) is 52.4 Å². The number of aryl methyl sites for hydroxylation is 2. The van der Waals surface area contributed by atoms with Gasteiger partial charge in [0, 0.05) is 49.5 Å². The van der Waals surface area contributed by atoms with Crippen LogP contribution in [0.1, 0.15) is 46.1 Å². The minimum atomic E-state index is -0.469. The van der Waals surface area contributed by atoms with Crippen molar-refractivity contribution in [1.29, 1.82) is 0 Å². The number of esters is 1. The predicted octanol–water partition coefficient (Wildman–Crippen LogP) is 4.18. The van der Waals surface area contributed by atoms with Gasteiger partial charge in [0.2, 0.25) is 5.91 Å². The van der Waals surface area contributed by atoms with Gasteiger partial charge >= 0.3 is 5.97 Å². The van der Waals surface area contributed by atoms with E-state index in [0.29, 0.717) is 23.4 Å². The number of anilines is 1. The number of halogens is 2. The van der Waals surface area contributed by atoms with Gasteiger partial charge in [0.1, 0.15) is 16.4 Å². The van der Waals surface area contributed by atoms with E-state index in [-0.39, 0.29) is 31.3 Å². The van der Waals surface area contributed by atoms with E-state index in [1.807, 2.05) is 0 Å². The topological polar surface area (TPSA) is 77.5 Å². The molecule has 2 aliphatic rings. The van der Waals surface area contributed by atoms with Gasteiger partial charge in [0.05, 0.1) is 18.7 Å². The second kappa shape index (κ2) is 13.6. The first-order valence-electron chi connectivity index (χ1n) is 13.5. The van der Waals surface area contributed by atoms with Gasteiger partial charge in [-0.15, -0.1) is 0 Å². The SMILES string of the molecule is CCOC(=O)CC1=NN(CC(=O)NCCCN2CCN(c3ccc(C)cc3C)CC2)C(I)c2c(F)cccc21. The Hall–Kier alpha value is -2.73. The second-order valence-electron chi connectivity index (χ2n) is 9.99. The number of alkyl halides is 1. The lowest BCUT2D eigenvalue weighted by Gasteiger charge is -2.37. The molecule has 8 nitrogen and oxygen atoms in total. The van der Waals surface area contributed by atoms with E-state index in [0.717, 1.165) is 39.1 Å². The maximum absolute atomic E-state index is 14.8. The monoisotopic (exact) mass is 649 g/mol. The molecule has 10 heteroatoms. The first-order valence-corrected chi connectivity index (χ1v) is 14.7. The Morgan fingerprint density at radius 1 is 1.15 bits per heavy atom. The number of carbonyl (C=O) groups is 2. The number of hydrazone groups is 1. The molecule has 39 heavy (non-hydrogen) atoms. The Morgan fingerprint density at radius 3 is 2.64 bits per heavy atom. The van der Waals surface area contributed by atoms with Crippen molar-refractivity contribution < 1.29 is 18.7 Å². The van der Waals surface area contributed by atoms with E-state index in [1.54, 1.807) is 24.1 Å².